The second-order valence-corrected chi connectivity index (χ2v) is 4.02. The van der Waals surface area contributed by atoms with Gasteiger partial charge in [-0.3, -0.25) is 5.10 Å². The van der Waals surface area contributed by atoms with E-state index < -0.39 is 0 Å². The van der Waals surface area contributed by atoms with Gasteiger partial charge in [-0.15, -0.1) is 10.2 Å². The first-order valence-corrected chi connectivity index (χ1v) is 5.43. The molecule has 0 bridgehead atoms. The number of thioether (sulfide) groups is 1. The molecule has 4 nitrogen and oxygen atoms in total. The third-order valence-corrected chi connectivity index (χ3v) is 2.62. The Morgan fingerprint density at radius 3 is 2.85 bits per heavy atom. The van der Waals surface area contributed by atoms with Crippen LogP contribution in [0.3, 0.4) is 0 Å². The monoisotopic (exact) mass is 196 g/mol. The van der Waals surface area contributed by atoms with Crippen LogP contribution in [-0.2, 0) is 0 Å². The lowest BCUT2D eigenvalue weighted by Crippen LogP contribution is -1.91. The van der Waals surface area contributed by atoms with Crippen molar-refractivity contribution in [1.29, 1.82) is 0 Å². The molecular formula is C8H12N4S. The van der Waals surface area contributed by atoms with Crippen LogP contribution in [0.4, 0.5) is 0 Å². The maximum absolute atomic E-state index is 4.05. The van der Waals surface area contributed by atoms with E-state index in [0.29, 0.717) is 5.92 Å². The minimum atomic E-state index is 0.497. The van der Waals surface area contributed by atoms with E-state index in [1.807, 2.05) is 16.8 Å². The molecular weight excluding hydrogens is 184 g/mol. The van der Waals surface area contributed by atoms with Gasteiger partial charge in [-0.2, -0.15) is 0 Å². The molecule has 2 aromatic heterocycles. The van der Waals surface area contributed by atoms with Gasteiger partial charge in [0, 0.05) is 11.8 Å². The Kier molecular flexibility index (Phi) is 2.03. The van der Waals surface area contributed by atoms with E-state index in [9.17, 15) is 0 Å². The zero-order valence-electron chi connectivity index (χ0n) is 7.90. The van der Waals surface area contributed by atoms with Gasteiger partial charge in [0.2, 0.25) is 5.16 Å². The Morgan fingerprint density at radius 2 is 2.23 bits per heavy atom. The van der Waals surface area contributed by atoms with Crippen LogP contribution >= 0.6 is 11.8 Å². The summed E-state index contributed by atoms with van der Waals surface area (Å²) in [5, 5.41) is 12.2. The van der Waals surface area contributed by atoms with E-state index >= 15 is 0 Å². The highest BCUT2D eigenvalue weighted by atomic mass is 32.2. The first kappa shape index (κ1) is 8.62. The first-order chi connectivity index (χ1) is 6.22. The van der Waals surface area contributed by atoms with Crippen LogP contribution in [-0.4, -0.2) is 26.1 Å². The van der Waals surface area contributed by atoms with E-state index in [1.165, 1.54) is 5.69 Å². The van der Waals surface area contributed by atoms with Gasteiger partial charge in [-0.1, -0.05) is 25.6 Å². The molecule has 0 saturated heterocycles. The standard InChI is InChI=1S/C8H12N4S/c1-5(2)6-4-7-9-10-8(13-3)12(7)11-6/h4-5,11H,1-3H3. The van der Waals surface area contributed by atoms with Crippen molar-refractivity contribution in [3.8, 4) is 0 Å². The molecule has 0 aliphatic carbocycles. The molecule has 70 valence electrons. The molecule has 0 aliphatic heterocycles. The smallest absolute Gasteiger partial charge is 0.210 e. The number of rotatable bonds is 2. The number of hydrogen-bond acceptors (Lipinski definition) is 3. The largest absolute Gasteiger partial charge is 0.294 e. The van der Waals surface area contributed by atoms with Gasteiger partial charge in [0.05, 0.1) is 0 Å². The molecule has 2 heterocycles. The van der Waals surface area contributed by atoms with E-state index in [1.54, 1.807) is 11.8 Å². The van der Waals surface area contributed by atoms with Gasteiger partial charge in [0.1, 0.15) is 0 Å². The Balaban J connectivity index is 2.56. The van der Waals surface area contributed by atoms with Crippen molar-refractivity contribution >= 4 is 17.4 Å². The molecule has 0 aromatic carbocycles. The molecule has 2 aromatic rings. The Hall–Kier alpha value is -0.970. The van der Waals surface area contributed by atoms with Gasteiger partial charge in [0.15, 0.2) is 5.65 Å². The molecule has 1 N–H and O–H groups in total. The molecule has 0 saturated carbocycles. The Bertz CT molecular complexity index is 415. The highest BCUT2D eigenvalue weighted by Gasteiger charge is 2.09. The normalized spacial score (nSPS) is 11.7. The van der Waals surface area contributed by atoms with Crippen LogP contribution in [0.25, 0.3) is 5.65 Å². The quantitative estimate of drug-likeness (QED) is 0.746. The van der Waals surface area contributed by atoms with Crippen molar-refractivity contribution in [1.82, 2.24) is 19.8 Å². The maximum atomic E-state index is 4.05. The molecule has 0 radical (unpaired) electrons. The summed E-state index contributed by atoms with van der Waals surface area (Å²) in [5.41, 5.74) is 2.09. The topological polar surface area (TPSA) is 46.0 Å². The Labute approximate surface area is 80.7 Å². The fourth-order valence-corrected chi connectivity index (χ4v) is 1.65. The van der Waals surface area contributed by atoms with Crippen molar-refractivity contribution < 1.29 is 0 Å². The van der Waals surface area contributed by atoms with Crippen molar-refractivity contribution in [3.63, 3.8) is 0 Å². The van der Waals surface area contributed by atoms with E-state index in [4.69, 9.17) is 0 Å². The number of nitrogens with one attached hydrogen (secondary N) is 1. The summed E-state index contributed by atoms with van der Waals surface area (Å²) in [6.45, 7) is 4.30. The summed E-state index contributed by atoms with van der Waals surface area (Å²) < 4.78 is 1.92. The molecule has 0 unspecified atom stereocenters. The zero-order valence-corrected chi connectivity index (χ0v) is 8.72. The number of H-pyrrole nitrogens is 1. The third kappa shape index (κ3) is 1.33. The van der Waals surface area contributed by atoms with E-state index in [-0.39, 0.29) is 0 Å². The second kappa shape index (κ2) is 3.06. The van der Waals surface area contributed by atoms with Gasteiger partial charge in [0.25, 0.3) is 0 Å². The molecule has 5 heteroatoms. The summed E-state index contributed by atoms with van der Waals surface area (Å²) >= 11 is 1.59. The fraction of sp³-hybridized carbons (Fsp3) is 0.500. The minimum Gasteiger partial charge on any atom is -0.294 e. The molecule has 13 heavy (non-hydrogen) atoms. The highest BCUT2D eigenvalue weighted by molar-refractivity contribution is 7.98. The first-order valence-electron chi connectivity index (χ1n) is 4.20. The van der Waals surface area contributed by atoms with Gasteiger partial charge in [-0.25, -0.2) is 4.52 Å². The summed E-state index contributed by atoms with van der Waals surface area (Å²) in [6.07, 6.45) is 1.99. The van der Waals surface area contributed by atoms with Crippen LogP contribution in [0, 0.1) is 0 Å². The average molecular weight is 196 g/mol. The van der Waals surface area contributed by atoms with Crippen molar-refractivity contribution in [3.05, 3.63) is 11.8 Å². The lowest BCUT2D eigenvalue weighted by atomic mass is 10.1. The third-order valence-electron chi connectivity index (χ3n) is 1.99. The number of aromatic amines is 1. The fourth-order valence-electron chi connectivity index (χ4n) is 1.21. The average Bonchev–Trinajstić information content (AvgIpc) is 2.60. The lowest BCUT2D eigenvalue weighted by Gasteiger charge is -1.98. The minimum absolute atomic E-state index is 0.497. The molecule has 0 aliphatic rings. The van der Waals surface area contributed by atoms with Gasteiger partial charge < -0.3 is 0 Å². The summed E-state index contributed by atoms with van der Waals surface area (Å²) in [5.74, 6) is 0.497. The predicted molar refractivity (Wildman–Crippen MR) is 53.2 cm³/mol. The molecule has 0 fully saturated rings. The summed E-state index contributed by atoms with van der Waals surface area (Å²) in [6, 6.07) is 2.04. The Morgan fingerprint density at radius 1 is 1.46 bits per heavy atom. The summed E-state index contributed by atoms with van der Waals surface area (Å²) in [7, 11) is 0. The van der Waals surface area contributed by atoms with E-state index in [0.717, 1.165) is 10.8 Å². The van der Waals surface area contributed by atoms with Gasteiger partial charge >= 0.3 is 0 Å². The number of aromatic nitrogens is 4. The second-order valence-electron chi connectivity index (χ2n) is 3.25. The van der Waals surface area contributed by atoms with Crippen molar-refractivity contribution in [2.75, 3.05) is 6.26 Å². The van der Waals surface area contributed by atoms with Gasteiger partial charge in [-0.05, 0) is 12.2 Å². The van der Waals surface area contributed by atoms with Crippen molar-refractivity contribution in [2.24, 2.45) is 0 Å². The molecule has 0 amide bonds. The lowest BCUT2D eigenvalue weighted by molar-refractivity contribution is 0.748. The van der Waals surface area contributed by atoms with E-state index in [2.05, 4.69) is 29.1 Å². The molecule has 2 rings (SSSR count). The molecule has 0 spiro atoms. The maximum Gasteiger partial charge on any atom is 0.210 e. The van der Waals surface area contributed by atoms with Crippen LogP contribution in [0.15, 0.2) is 11.2 Å². The predicted octanol–water partition coefficient (Wildman–Crippen LogP) is 1.90. The summed E-state index contributed by atoms with van der Waals surface area (Å²) in [4.78, 5) is 0. The zero-order chi connectivity index (χ0) is 9.42. The number of hydrogen-bond donors (Lipinski definition) is 1. The van der Waals surface area contributed by atoms with Crippen LogP contribution in [0.1, 0.15) is 25.5 Å². The highest BCUT2D eigenvalue weighted by Crippen LogP contribution is 2.18. The van der Waals surface area contributed by atoms with Crippen molar-refractivity contribution in [2.45, 2.75) is 24.9 Å². The van der Waals surface area contributed by atoms with Crippen LogP contribution in [0.2, 0.25) is 0 Å². The number of fused-ring (bicyclic) bond motifs is 1. The van der Waals surface area contributed by atoms with Crippen LogP contribution < -0.4 is 0 Å². The molecule has 0 atom stereocenters. The SMILES string of the molecule is CSc1nnc2cc(C(C)C)[nH]n12. The van der Waals surface area contributed by atoms with Crippen LogP contribution in [0.5, 0.6) is 0 Å². The number of nitrogens with zero attached hydrogens (tertiary/aromatic N) is 3.